The molecular formula is C22H24ClN3O4. The van der Waals surface area contributed by atoms with Crippen LogP contribution in [0.3, 0.4) is 0 Å². The first-order chi connectivity index (χ1) is 14.3. The van der Waals surface area contributed by atoms with Crippen LogP contribution < -0.4 is 10.3 Å². The number of aromatic amines is 1. The fourth-order valence-corrected chi connectivity index (χ4v) is 3.19. The Bertz CT molecular complexity index is 1080. The van der Waals surface area contributed by atoms with Crippen LogP contribution in [-0.4, -0.2) is 46.6 Å². The third-order valence-electron chi connectivity index (χ3n) is 4.56. The van der Waals surface area contributed by atoms with Gasteiger partial charge in [-0.15, -0.1) is 0 Å². The number of carbonyl (C=O) groups is 1. The van der Waals surface area contributed by atoms with E-state index in [2.05, 4.69) is 9.97 Å². The highest BCUT2D eigenvalue weighted by molar-refractivity contribution is 6.30. The van der Waals surface area contributed by atoms with Crippen molar-refractivity contribution in [2.45, 2.75) is 26.0 Å². The number of hydrogen-bond donors (Lipinski definition) is 1. The molecule has 158 valence electrons. The SMILES string of the molecule is COCCN(Cc1nc2ccccc2c(=O)[nH]1)C(=O)C(C)(C)Oc1ccc(Cl)cc1. The number of benzene rings is 2. The summed E-state index contributed by atoms with van der Waals surface area (Å²) in [4.78, 5) is 34.5. The molecule has 2 aromatic carbocycles. The number of H-pyrrole nitrogens is 1. The summed E-state index contributed by atoms with van der Waals surface area (Å²) in [6.07, 6.45) is 0. The van der Waals surface area contributed by atoms with Gasteiger partial charge in [0.1, 0.15) is 11.6 Å². The number of fused-ring (bicyclic) bond motifs is 1. The number of para-hydroxylation sites is 1. The number of hydrogen-bond acceptors (Lipinski definition) is 5. The lowest BCUT2D eigenvalue weighted by atomic mass is 10.1. The second-order valence-electron chi connectivity index (χ2n) is 7.32. The number of ether oxygens (including phenoxy) is 2. The Morgan fingerprint density at radius 2 is 1.87 bits per heavy atom. The Hall–Kier alpha value is -2.90. The van der Waals surface area contributed by atoms with Crippen molar-refractivity contribution in [1.82, 2.24) is 14.9 Å². The van der Waals surface area contributed by atoms with E-state index in [1.54, 1.807) is 68.3 Å². The molecule has 0 spiro atoms. The molecule has 7 nitrogen and oxygen atoms in total. The van der Waals surface area contributed by atoms with Gasteiger partial charge in [0.05, 0.1) is 24.1 Å². The number of amides is 1. The van der Waals surface area contributed by atoms with Gasteiger partial charge >= 0.3 is 0 Å². The molecule has 8 heteroatoms. The zero-order valence-electron chi connectivity index (χ0n) is 17.1. The molecule has 0 fully saturated rings. The van der Waals surface area contributed by atoms with Crippen LogP contribution in [0.1, 0.15) is 19.7 Å². The maximum Gasteiger partial charge on any atom is 0.266 e. The number of rotatable bonds is 8. The molecule has 0 saturated heterocycles. The molecule has 0 aliphatic heterocycles. The molecule has 0 bridgehead atoms. The van der Waals surface area contributed by atoms with Crippen molar-refractivity contribution in [1.29, 1.82) is 0 Å². The number of nitrogens with one attached hydrogen (secondary N) is 1. The number of methoxy groups -OCH3 is 1. The fraction of sp³-hybridized carbons (Fsp3) is 0.318. The minimum atomic E-state index is -1.15. The van der Waals surface area contributed by atoms with Crippen LogP contribution in [0.2, 0.25) is 5.02 Å². The van der Waals surface area contributed by atoms with E-state index in [0.717, 1.165) is 0 Å². The van der Waals surface area contributed by atoms with Gasteiger partial charge < -0.3 is 19.4 Å². The number of carbonyl (C=O) groups excluding carboxylic acids is 1. The molecule has 0 aliphatic rings. The normalized spacial score (nSPS) is 11.5. The van der Waals surface area contributed by atoms with Gasteiger partial charge in [0, 0.05) is 18.7 Å². The molecule has 0 radical (unpaired) electrons. The average molecular weight is 430 g/mol. The molecule has 3 rings (SSSR count). The monoisotopic (exact) mass is 429 g/mol. The molecule has 0 aliphatic carbocycles. The van der Waals surface area contributed by atoms with Gasteiger partial charge in [-0.3, -0.25) is 9.59 Å². The second-order valence-corrected chi connectivity index (χ2v) is 7.75. The van der Waals surface area contributed by atoms with Crippen LogP contribution in [0.5, 0.6) is 5.75 Å². The number of aromatic nitrogens is 2. The van der Waals surface area contributed by atoms with Crippen molar-refractivity contribution in [2.24, 2.45) is 0 Å². The highest BCUT2D eigenvalue weighted by Gasteiger charge is 2.34. The highest BCUT2D eigenvalue weighted by atomic mass is 35.5. The van der Waals surface area contributed by atoms with Crippen LogP contribution >= 0.6 is 11.6 Å². The Labute approximate surface area is 179 Å². The average Bonchev–Trinajstić information content (AvgIpc) is 2.72. The van der Waals surface area contributed by atoms with Gasteiger partial charge in [-0.2, -0.15) is 0 Å². The fourth-order valence-electron chi connectivity index (χ4n) is 3.07. The molecule has 0 atom stereocenters. The van der Waals surface area contributed by atoms with Crippen molar-refractivity contribution >= 4 is 28.4 Å². The smallest absolute Gasteiger partial charge is 0.266 e. The van der Waals surface area contributed by atoms with Crippen LogP contribution in [0.25, 0.3) is 10.9 Å². The van der Waals surface area contributed by atoms with Gasteiger partial charge in [0.2, 0.25) is 0 Å². The first-order valence-corrected chi connectivity index (χ1v) is 9.89. The Morgan fingerprint density at radius 1 is 1.17 bits per heavy atom. The van der Waals surface area contributed by atoms with Crippen LogP contribution in [0, 0.1) is 0 Å². The van der Waals surface area contributed by atoms with E-state index in [0.29, 0.717) is 40.7 Å². The van der Waals surface area contributed by atoms with Crippen molar-refractivity contribution in [3.63, 3.8) is 0 Å². The van der Waals surface area contributed by atoms with E-state index >= 15 is 0 Å². The summed E-state index contributed by atoms with van der Waals surface area (Å²) in [5, 5.41) is 1.09. The number of halogens is 1. The minimum Gasteiger partial charge on any atom is -0.478 e. The molecule has 1 heterocycles. The van der Waals surface area contributed by atoms with E-state index in [1.165, 1.54) is 0 Å². The standard InChI is InChI=1S/C22H24ClN3O4/c1-22(2,30-16-10-8-15(23)9-11-16)21(28)26(12-13-29-3)14-19-24-18-7-5-4-6-17(18)20(27)25-19/h4-11H,12-14H2,1-3H3,(H,24,25,27). The number of nitrogens with zero attached hydrogens (tertiary/aromatic N) is 2. The second kappa shape index (κ2) is 9.28. The minimum absolute atomic E-state index is 0.121. The van der Waals surface area contributed by atoms with E-state index < -0.39 is 5.60 Å². The Morgan fingerprint density at radius 3 is 2.57 bits per heavy atom. The van der Waals surface area contributed by atoms with Gasteiger partial charge in [-0.25, -0.2) is 4.98 Å². The Balaban J connectivity index is 1.84. The predicted octanol–water partition coefficient (Wildman–Crippen LogP) is 3.41. The van der Waals surface area contributed by atoms with E-state index in [4.69, 9.17) is 21.1 Å². The van der Waals surface area contributed by atoms with Crippen molar-refractivity contribution in [2.75, 3.05) is 20.3 Å². The zero-order chi connectivity index (χ0) is 21.7. The van der Waals surface area contributed by atoms with Gasteiger partial charge in [-0.1, -0.05) is 23.7 Å². The molecule has 0 saturated carbocycles. The summed E-state index contributed by atoms with van der Waals surface area (Å²) in [6.45, 7) is 4.16. The van der Waals surface area contributed by atoms with Crippen molar-refractivity contribution in [3.05, 3.63) is 69.7 Å². The van der Waals surface area contributed by atoms with E-state index in [9.17, 15) is 9.59 Å². The lowest BCUT2D eigenvalue weighted by Gasteiger charge is -2.32. The van der Waals surface area contributed by atoms with Crippen LogP contribution in [0.15, 0.2) is 53.3 Å². The molecule has 1 aromatic heterocycles. The van der Waals surface area contributed by atoms with Gasteiger partial charge in [0.25, 0.3) is 11.5 Å². The third-order valence-corrected chi connectivity index (χ3v) is 4.81. The summed E-state index contributed by atoms with van der Waals surface area (Å²) in [5.74, 6) is 0.664. The largest absolute Gasteiger partial charge is 0.478 e. The summed E-state index contributed by atoms with van der Waals surface area (Å²) in [5.41, 5.74) is -0.822. The maximum atomic E-state index is 13.3. The van der Waals surface area contributed by atoms with Crippen molar-refractivity contribution < 1.29 is 14.3 Å². The van der Waals surface area contributed by atoms with Crippen LogP contribution in [0.4, 0.5) is 0 Å². The maximum absolute atomic E-state index is 13.3. The predicted molar refractivity (Wildman–Crippen MR) is 116 cm³/mol. The molecule has 0 unspecified atom stereocenters. The summed E-state index contributed by atoms with van der Waals surface area (Å²) < 4.78 is 11.1. The highest BCUT2D eigenvalue weighted by Crippen LogP contribution is 2.23. The van der Waals surface area contributed by atoms with Crippen LogP contribution in [-0.2, 0) is 16.1 Å². The molecule has 30 heavy (non-hydrogen) atoms. The van der Waals surface area contributed by atoms with E-state index in [-0.39, 0.29) is 18.0 Å². The Kier molecular flexibility index (Phi) is 6.74. The van der Waals surface area contributed by atoms with Gasteiger partial charge in [0.15, 0.2) is 5.60 Å². The topological polar surface area (TPSA) is 84.5 Å². The first-order valence-electron chi connectivity index (χ1n) is 9.51. The molecular weight excluding hydrogens is 406 g/mol. The zero-order valence-corrected chi connectivity index (χ0v) is 17.9. The lowest BCUT2D eigenvalue weighted by molar-refractivity contribution is -0.147. The summed E-state index contributed by atoms with van der Waals surface area (Å²) in [7, 11) is 1.56. The quantitative estimate of drug-likeness (QED) is 0.593. The third kappa shape index (κ3) is 5.17. The van der Waals surface area contributed by atoms with E-state index in [1.807, 2.05) is 6.07 Å². The van der Waals surface area contributed by atoms with Crippen molar-refractivity contribution in [3.8, 4) is 5.75 Å². The van der Waals surface area contributed by atoms with Gasteiger partial charge in [-0.05, 0) is 50.2 Å². The summed E-state index contributed by atoms with van der Waals surface area (Å²) >= 11 is 5.92. The first kappa shape index (κ1) is 21.8. The molecule has 3 aromatic rings. The lowest BCUT2D eigenvalue weighted by Crippen LogP contribution is -2.49. The molecule has 1 amide bonds. The molecule has 1 N–H and O–H groups in total. The summed E-state index contributed by atoms with van der Waals surface area (Å²) in [6, 6.07) is 13.9.